The van der Waals surface area contributed by atoms with E-state index in [4.69, 9.17) is 17.0 Å². The van der Waals surface area contributed by atoms with Gasteiger partial charge >= 0.3 is 0 Å². The molecule has 0 unspecified atom stereocenters. The van der Waals surface area contributed by atoms with E-state index in [0.29, 0.717) is 17.9 Å². The van der Waals surface area contributed by atoms with E-state index in [0.717, 1.165) is 4.68 Å². The van der Waals surface area contributed by atoms with Crippen LogP contribution in [-0.4, -0.2) is 32.8 Å². The van der Waals surface area contributed by atoms with Crippen molar-refractivity contribution in [1.29, 1.82) is 0 Å². The van der Waals surface area contributed by atoms with Crippen molar-refractivity contribution in [2.45, 2.75) is 13.8 Å². The van der Waals surface area contributed by atoms with E-state index in [1.54, 1.807) is 25.1 Å². The van der Waals surface area contributed by atoms with Crippen molar-refractivity contribution in [2.24, 2.45) is 5.10 Å². The van der Waals surface area contributed by atoms with Crippen LogP contribution >= 0.6 is 12.2 Å². The van der Waals surface area contributed by atoms with Gasteiger partial charge in [0.15, 0.2) is 11.5 Å². The third-order valence-corrected chi connectivity index (χ3v) is 2.92. The van der Waals surface area contributed by atoms with E-state index < -0.39 is 5.56 Å². The molecule has 0 spiro atoms. The second kappa shape index (κ2) is 6.31. The minimum Gasteiger partial charge on any atom is -0.504 e. The molecule has 1 aromatic carbocycles. The Morgan fingerprint density at radius 1 is 1.57 bits per heavy atom. The van der Waals surface area contributed by atoms with Crippen LogP contribution in [0.5, 0.6) is 11.5 Å². The van der Waals surface area contributed by atoms with Crippen LogP contribution in [0, 0.1) is 11.7 Å². The van der Waals surface area contributed by atoms with Crippen molar-refractivity contribution in [3.05, 3.63) is 44.6 Å². The van der Waals surface area contributed by atoms with E-state index in [2.05, 4.69) is 15.3 Å². The number of aromatic amines is 1. The highest BCUT2D eigenvalue weighted by atomic mass is 32.1. The summed E-state index contributed by atoms with van der Waals surface area (Å²) in [6, 6.07) is 5.01. The fraction of sp³-hybridized carbons (Fsp3) is 0.231. The zero-order valence-electron chi connectivity index (χ0n) is 11.5. The Morgan fingerprint density at radius 3 is 3.05 bits per heavy atom. The number of nitrogens with one attached hydrogen (secondary N) is 1. The van der Waals surface area contributed by atoms with Crippen molar-refractivity contribution in [3.8, 4) is 11.5 Å². The summed E-state index contributed by atoms with van der Waals surface area (Å²) in [5, 5.41) is 20.3. The van der Waals surface area contributed by atoms with Crippen LogP contribution in [0.1, 0.15) is 18.2 Å². The van der Waals surface area contributed by atoms with Crippen LogP contribution in [-0.2, 0) is 0 Å². The summed E-state index contributed by atoms with van der Waals surface area (Å²) in [4.78, 5) is 11.9. The normalized spacial score (nSPS) is 11.0. The van der Waals surface area contributed by atoms with Crippen molar-refractivity contribution in [3.63, 3.8) is 0 Å². The van der Waals surface area contributed by atoms with Gasteiger partial charge in [0.05, 0.1) is 12.8 Å². The Hall–Kier alpha value is -2.48. The Bertz CT molecular complexity index is 795. The fourth-order valence-electron chi connectivity index (χ4n) is 1.61. The number of rotatable bonds is 4. The van der Waals surface area contributed by atoms with Crippen LogP contribution < -0.4 is 10.3 Å². The number of ether oxygens (including phenoxy) is 1. The number of phenols is 1. The summed E-state index contributed by atoms with van der Waals surface area (Å²) in [5.41, 5.74) is 0.236. The van der Waals surface area contributed by atoms with Gasteiger partial charge < -0.3 is 9.84 Å². The number of aryl methyl sites for hydroxylation is 1. The summed E-state index contributed by atoms with van der Waals surface area (Å²) in [6.45, 7) is 3.80. The number of H-pyrrole nitrogens is 1. The number of para-hydroxylation sites is 1. The van der Waals surface area contributed by atoms with Gasteiger partial charge in [0.25, 0.3) is 5.56 Å². The lowest BCUT2D eigenvalue weighted by Gasteiger charge is -2.07. The first-order valence-corrected chi connectivity index (χ1v) is 6.63. The number of phenolic OH excluding ortho intramolecular Hbond substituents is 1. The molecule has 1 aromatic heterocycles. The third kappa shape index (κ3) is 3.16. The molecular weight excluding hydrogens is 292 g/mol. The van der Waals surface area contributed by atoms with Gasteiger partial charge in [0.1, 0.15) is 5.69 Å². The number of hydrogen-bond acceptors (Lipinski definition) is 6. The maximum Gasteiger partial charge on any atom is 0.296 e. The van der Waals surface area contributed by atoms with Gasteiger partial charge in [-0.05, 0) is 38.2 Å². The molecule has 0 saturated heterocycles. The molecule has 21 heavy (non-hydrogen) atoms. The van der Waals surface area contributed by atoms with Gasteiger partial charge in [-0.15, -0.1) is 0 Å². The summed E-state index contributed by atoms with van der Waals surface area (Å²) in [6.07, 6.45) is 1.34. The lowest BCUT2D eigenvalue weighted by molar-refractivity contribution is 0.318. The number of aromatic hydroxyl groups is 1. The fourth-order valence-corrected chi connectivity index (χ4v) is 1.79. The summed E-state index contributed by atoms with van der Waals surface area (Å²) < 4.78 is 6.35. The minimum absolute atomic E-state index is 0.0446. The Kier molecular flexibility index (Phi) is 4.49. The third-order valence-electron chi connectivity index (χ3n) is 2.66. The SMILES string of the molecule is CCOc1cccc(/C=N/n2c(=S)[nH]nc(C)c2=O)c1O. The lowest BCUT2D eigenvalue weighted by atomic mass is 10.2. The average Bonchev–Trinajstić information content (AvgIpc) is 2.47. The molecule has 2 aromatic rings. The summed E-state index contributed by atoms with van der Waals surface area (Å²) in [5.74, 6) is 0.307. The van der Waals surface area contributed by atoms with Gasteiger partial charge in [0.2, 0.25) is 4.77 Å². The quantitative estimate of drug-likeness (QED) is 0.661. The zero-order chi connectivity index (χ0) is 15.4. The molecule has 7 nitrogen and oxygen atoms in total. The van der Waals surface area contributed by atoms with E-state index in [-0.39, 0.29) is 16.2 Å². The topological polar surface area (TPSA) is 92.5 Å². The van der Waals surface area contributed by atoms with Crippen molar-refractivity contribution in [1.82, 2.24) is 14.9 Å². The van der Waals surface area contributed by atoms with Crippen LogP contribution in [0.4, 0.5) is 0 Å². The van der Waals surface area contributed by atoms with Crippen molar-refractivity contribution in [2.75, 3.05) is 6.61 Å². The number of nitrogens with zero attached hydrogens (tertiary/aromatic N) is 3. The summed E-state index contributed by atoms with van der Waals surface area (Å²) >= 11 is 4.96. The molecule has 110 valence electrons. The highest BCUT2D eigenvalue weighted by molar-refractivity contribution is 7.71. The molecule has 0 radical (unpaired) electrons. The predicted octanol–water partition coefficient (Wildman–Crippen LogP) is 1.60. The van der Waals surface area contributed by atoms with Crippen LogP contribution in [0.2, 0.25) is 0 Å². The smallest absolute Gasteiger partial charge is 0.296 e. The molecule has 1 heterocycles. The standard InChI is InChI=1S/C13H14N4O3S/c1-3-20-10-6-4-5-9(11(10)18)7-14-17-12(19)8(2)15-16-13(17)21/h4-7,18H,3H2,1-2H3,(H,16,21)/b14-7+. The number of aromatic nitrogens is 3. The molecule has 0 bridgehead atoms. The average molecular weight is 306 g/mol. The zero-order valence-corrected chi connectivity index (χ0v) is 12.3. The van der Waals surface area contributed by atoms with E-state index in [1.165, 1.54) is 6.21 Å². The molecule has 0 aliphatic heterocycles. The summed E-state index contributed by atoms with van der Waals surface area (Å²) in [7, 11) is 0. The highest BCUT2D eigenvalue weighted by Crippen LogP contribution is 2.28. The maximum absolute atomic E-state index is 11.9. The molecule has 2 rings (SSSR count). The Labute approximate surface area is 125 Å². The highest BCUT2D eigenvalue weighted by Gasteiger charge is 2.06. The van der Waals surface area contributed by atoms with Gasteiger partial charge in [-0.3, -0.25) is 9.89 Å². The first-order valence-electron chi connectivity index (χ1n) is 6.22. The second-order valence-electron chi connectivity index (χ2n) is 4.10. The Morgan fingerprint density at radius 2 is 2.33 bits per heavy atom. The molecule has 0 aliphatic carbocycles. The second-order valence-corrected chi connectivity index (χ2v) is 4.49. The van der Waals surface area contributed by atoms with Crippen LogP contribution in [0.15, 0.2) is 28.1 Å². The number of hydrogen-bond donors (Lipinski definition) is 2. The predicted molar refractivity (Wildman–Crippen MR) is 80.7 cm³/mol. The lowest BCUT2D eigenvalue weighted by Crippen LogP contribution is -2.22. The molecule has 0 atom stereocenters. The van der Waals surface area contributed by atoms with Crippen molar-refractivity contribution < 1.29 is 9.84 Å². The van der Waals surface area contributed by atoms with E-state index in [1.807, 2.05) is 6.92 Å². The molecular formula is C13H14N4O3S. The first kappa shape index (κ1) is 14.9. The van der Waals surface area contributed by atoms with Gasteiger partial charge in [-0.1, -0.05) is 6.07 Å². The van der Waals surface area contributed by atoms with Gasteiger partial charge in [0, 0.05) is 5.56 Å². The van der Waals surface area contributed by atoms with Gasteiger partial charge in [-0.25, -0.2) is 0 Å². The molecule has 8 heteroatoms. The Balaban J connectivity index is 2.44. The maximum atomic E-state index is 11.9. The number of benzene rings is 1. The monoisotopic (exact) mass is 306 g/mol. The molecule has 0 amide bonds. The molecule has 0 fully saturated rings. The van der Waals surface area contributed by atoms with Crippen LogP contribution in [0.25, 0.3) is 0 Å². The van der Waals surface area contributed by atoms with E-state index >= 15 is 0 Å². The van der Waals surface area contributed by atoms with E-state index in [9.17, 15) is 9.90 Å². The molecule has 0 aliphatic rings. The first-order chi connectivity index (χ1) is 10.0. The molecule has 2 N–H and O–H groups in total. The molecule has 0 saturated carbocycles. The van der Waals surface area contributed by atoms with Gasteiger partial charge in [-0.2, -0.15) is 14.9 Å². The van der Waals surface area contributed by atoms with Crippen LogP contribution in [0.3, 0.4) is 0 Å². The minimum atomic E-state index is -0.421. The van der Waals surface area contributed by atoms with Crippen molar-refractivity contribution >= 4 is 18.4 Å². The largest absolute Gasteiger partial charge is 0.504 e.